The summed E-state index contributed by atoms with van der Waals surface area (Å²) in [6, 6.07) is 3.32. The molecule has 1 aromatic rings. The lowest BCUT2D eigenvalue weighted by Gasteiger charge is -2.10. The van der Waals surface area contributed by atoms with Crippen molar-refractivity contribution in [3.8, 4) is 5.88 Å². The fraction of sp³-hybridized carbons (Fsp3) is 0.545. The van der Waals surface area contributed by atoms with Gasteiger partial charge in [-0.25, -0.2) is 4.98 Å². The average molecular weight is 248 g/mol. The van der Waals surface area contributed by atoms with Gasteiger partial charge >= 0.3 is 6.18 Å². The average Bonchev–Trinajstić information content (AvgIpc) is 2.22. The highest BCUT2D eigenvalue weighted by atomic mass is 19.4. The molecule has 0 bridgehead atoms. The van der Waals surface area contributed by atoms with Gasteiger partial charge in [0.15, 0.2) is 6.61 Å². The molecule has 0 aliphatic carbocycles. The molecule has 0 aromatic carbocycles. The zero-order chi connectivity index (χ0) is 12.9. The van der Waals surface area contributed by atoms with Gasteiger partial charge in [-0.1, -0.05) is 6.92 Å². The molecule has 1 rings (SSSR count). The van der Waals surface area contributed by atoms with E-state index < -0.39 is 12.8 Å². The normalized spacial score (nSPS) is 11.6. The lowest BCUT2D eigenvalue weighted by atomic mass is 10.2. The third-order valence-electron chi connectivity index (χ3n) is 1.95. The molecule has 6 heteroatoms. The molecule has 0 fully saturated rings. The number of ether oxygens (including phenoxy) is 1. The van der Waals surface area contributed by atoms with Gasteiger partial charge in [-0.2, -0.15) is 13.2 Å². The number of rotatable bonds is 5. The van der Waals surface area contributed by atoms with Gasteiger partial charge in [0, 0.05) is 18.3 Å². The van der Waals surface area contributed by atoms with Crippen LogP contribution in [0.2, 0.25) is 0 Å². The number of hydrogen-bond donors (Lipinski definition) is 1. The van der Waals surface area contributed by atoms with Crippen LogP contribution in [0, 0.1) is 6.92 Å². The minimum Gasteiger partial charge on any atom is -0.468 e. The molecule has 0 spiro atoms. The number of alkyl halides is 3. The van der Waals surface area contributed by atoms with E-state index in [0.717, 1.165) is 12.1 Å². The van der Waals surface area contributed by atoms with Gasteiger partial charge in [-0.3, -0.25) is 0 Å². The topological polar surface area (TPSA) is 34.2 Å². The summed E-state index contributed by atoms with van der Waals surface area (Å²) in [4.78, 5) is 3.89. The maximum atomic E-state index is 12.0. The molecule has 0 aliphatic rings. The van der Waals surface area contributed by atoms with Crippen molar-refractivity contribution in [2.75, 3.05) is 13.2 Å². The molecule has 1 N–H and O–H groups in total. The Labute approximate surface area is 98.0 Å². The van der Waals surface area contributed by atoms with Gasteiger partial charge in [0.1, 0.15) is 0 Å². The monoisotopic (exact) mass is 248 g/mol. The lowest BCUT2D eigenvalue weighted by molar-refractivity contribution is -0.154. The van der Waals surface area contributed by atoms with Crippen molar-refractivity contribution in [3.05, 3.63) is 23.4 Å². The summed E-state index contributed by atoms with van der Waals surface area (Å²) in [6.45, 7) is 3.73. The van der Waals surface area contributed by atoms with Crippen molar-refractivity contribution in [2.45, 2.75) is 26.6 Å². The maximum absolute atomic E-state index is 12.0. The van der Waals surface area contributed by atoms with Crippen LogP contribution in [0.25, 0.3) is 0 Å². The first-order valence-corrected chi connectivity index (χ1v) is 5.28. The molecule has 0 amide bonds. The number of halogens is 3. The zero-order valence-corrected chi connectivity index (χ0v) is 9.77. The Hall–Kier alpha value is -1.30. The van der Waals surface area contributed by atoms with Crippen molar-refractivity contribution in [1.29, 1.82) is 0 Å². The van der Waals surface area contributed by atoms with Crippen LogP contribution >= 0.6 is 0 Å². The summed E-state index contributed by atoms with van der Waals surface area (Å²) in [6.07, 6.45) is -4.34. The summed E-state index contributed by atoms with van der Waals surface area (Å²) in [5.41, 5.74) is 1.49. The van der Waals surface area contributed by atoms with E-state index >= 15 is 0 Å². The fourth-order valence-corrected chi connectivity index (χ4v) is 1.31. The summed E-state index contributed by atoms with van der Waals surface area (Å²) in [7, 11) is 0. The molecule has 0 radical (unpaired) electrons. The van der Waals surface area contributed by atoms with E-state index in [0.29, 0.717) is 12.2 Å². The van der Waals surface area contributed by atoms with Crippen LogP contribution in [-0.4, -0.2) is 24.3 Å². The second-order valence-electron chi connectivity index (χ2n) is 3.64. The molecule has 0 saturated carbocycles. The van der Waals surface area contributed by atoms with Gasteiger partial charge in [-0.05, 0) is 25.1 Å². The molecule has 0 aliphatic heterocycles. The highest BCUT2D eigenvalue weighted by Crippen LogP contribution is 2.18. The first-order valence-electron chi connectivity index (χ1n) is 5.28. The largest absolute Gasteiger partial charge is 0.468 e. The number of aryl methyl sites for hydroxylation is 1. The molecule has 0 unspecified atom stereocenters. The first-order chi connectivity index (χ1) is 7.90. The second kappa shape index (κ2) is 5.86. The summed E-state index contributed by atoms with van der Waals surface area (Å²) < 4.78 is 40.5. The maximum Gasteiger partial charge on any atom is 0.422 e. The summed E-state index contributed by atoms with van der Waals surface area (Å²) >= 11 is 0. The molecule has 1 aromatic heterocycles. The Bertz CT molecular complexity index is 366. The minimum absolute atomic E-state index is 0.00947. The molecule has 0 saturated heterocycles. The smallest absolute Gasteiger partial charge is 0.422 e. The molecule has 1 heterocycles. The number of pyridine rings is 1. The Balaban J connectivity index is 2.68. The lowest BCUT2D eigenvalue weighted by Crippen LogP contribution is -2.20. The number of nitrogens with zero attached hydrogens (tertiary/aromatic N) is 1. The fourth-order valence-electron chi connectivity index (χ4n) is 1.31. The van der Waals surface area contributed by atoms with Crippen LogP contribution in [0.4, 0.5) is 13.2 Å². The van der Waals surface area contributed by atoms with Crippen molar-refractivity contribution in [3.63, 3.8) is 0 Å². The number of nitrogens with one attached hydrogen (secondary N) is 1. The van der Waals surface area contributed by atoms with Crippen molar-refractivity contribution >= 4 is 0 Å². The Morgan fingerprint density at radius 2 is 2.06 bits per heavy atom. The molecular weight excluding hydrogens is 233 g/mol. The second-order valence-corrected chi connectivity index (χ2v) is 3.64. The van der Waals surface area contributed by atoms with Crippen LogP contribution in [0.3, 0.4) is 0 Å². The quantitative estimate of drug-likeness (QED) is 0.869. The molecule has 3 nitrogen and oxygen atoms in total. The van der Waals surface area contributed by atoms with Gasteiger partial charge in [-0.15, -0.1) is 0 Å². The standard InChI is InChI=1S/C11H15F3N2O/c1-3-15-6-9-4-8(2)16-10(5-9)17-7-11(12,13)14/h4-5,15H,3,6-7H2,1-2H3. The van der Waals surface area contributed by atoms with Crippen molar-refractivity contribution < 1.29 is 17.9 Å². The third kappa shape index (κ3) is 5.53. The van der Waals surface area contributed by atoms with Gasteiger partial charge in [0.2, 0.25) is 5.88 Å². The van der Waals surface area contributed by atoms with E-state index in [9.17, 15) is 13.2 Å². The van der Waals surface area contributed by atoms with Crippen LogP contribution in [0.5, 0.6) is 5.88 Å². The van der Waals surface area contributed by atoms with Crippen LogP contribution in [0.15, 0.2) is 12.1 Å². The summed E-state index contributed by atoms with van der Waals surface area (Å²) in [5, 5.41) is 3.09. The van der Waals surface area contributed by atoms with E-state index in [1.54, 1.807) is 6.92 Å². The van der Waals surface area contributed by atoms with Gasteiger partial charge in [0.05, 0.1) is 0 Å². The molecule has 17 heavy (non-hydrogen) atoms. The first kappa shape index (κ1) is 13.8. The van der Waals surface area contributed by atoms with Crippen molar-refractivity contribution in [2.24, 2.45) is 0 Å². The molecular formula is C11H15F3N2O. The van der Waals surface area contributed by atoms with Crippen LogP contribution in [-0.2, 0) is 6.54 Å². The Kier molecular flexibility index (Phi) is 4.74. The zero-order valence-electron chi connectivity index (χ0n) is 9.77. The number of hydrogen-bond acceptors (Lipinski definition) is 3. The van der Waals surface area contributed by atoms with E-state index in [-0.39, 0.29) is 5.88 Å². The Morgan fingerprint density at radius 3 is 2.65 bits per heavy atom. The van der Waals surface area contributed by atoms with Gasteiger partial charge < -0.3 is 10.1 Å². The molecule has 0 atom stereocenters. The van der Waals surface area contributed by atoms with Gasteiger partial charge in [0.25, 0.3) is 0 Å². The predicted molar refractivity (Wildman–Crippen MR) is 57.9 cm³/mol. The Morgan fingerprint density at radius 1 is 1.35 bits per heavy atom. The molecule has 96 valence electrons. The van der Waals surface area contributed by atoms with E-state index in [2.05, 4.69) is 15.0 Å². The van der Waals surface area contributed by atoms with E-state index in [1.165, 1.54) is 6.07 Å². The predicted octanol–water partition coefficient (Wildman–Crippen LogP) is 2.44. The van der Waals surface area contributed by atoms with Crippen LogP contribution < -0.4 is 10.1 Å². The van der Waals surface area contributed by atoms with E-state index in [1.807, 2.05) is 13.0 Å². The van der Waals surface area contributed by atoms with E-state index in [4.69, 9.17) is 0 Å². The van der Waals surface area contributed by atoms with Crippen LogP contribution in [0.1, 0.15) is 18.2 Å². The van der Waals surface area contributed by atoms with Crippen molar-refractivity contribution in [1.82, 2.24) is 10.3 Å². The third-order valence-corrected chi connectivity index (χ3v) is 1.95. The highest BCUT2D eigenvalue weighted by Gasteiger charge is 2.28. The number of aromatic nitrogens is 1. The summed E-state index contributed by atoms with van der Waals surface area (Å²) in [5.74, 6) is 0.00947. The highest BCUT2D eigenvalue weighted by molar-refractivity contribution is 5.24. The minimum atomic E-state index is -4.34. The SMILES string of the molecule is CCNCc1cc(C)nc(OCC(F)(F)F)c1.